The van der Waals surface area contributed by atoms with Gasteiger partial charge in [0.2, 0.25) is 0 Å². The number of hydrogen-bond donors (Lipinski definition) is 1. The second-order valence-electron chi connectivity index (χ2n) is 12.2. The smallest absolute Gasteiger partial charge is 0.0456 e. The minimum absolute atomic E-state index is 0.350. The van der Waals surface area contributed by atoms with Crippen molar-refractivity contribution in [2.45, 2.75) is 110 Å². The van der Waals surface area contributed by atoms with E-state index in [-0.39, 0.29) is 0 Å². The predicted molar refractivity (Wildman–Crippen MR) is 139 cm³/mol. The SMILES string of the molecule is CC1=CCC2C(CC[C@@]3(C)C2CC[C@@H]3[C@H](C)CCCC(C)CO)[C@@]1(C)CC[C@@H](C)I. The lowest BCUT2D eigenvalue weighted by molar-refractivity contribution is -0.0460. The van der Waals surface area contributed by atoms with Crippen LogP contribution in [-0.4, -0.2) is 15.6 Å². The molecule has 1 N–H and O–H groups in total. The van der Waals surface area contributed by atoms with Gasteiger partial charge >= 0.3 is 0 Å². The Morgan fingerprint density at radius 3 is 2.47 bits per heavy atom. The molecule has 0 aromatic rings. The van der Waals surface area contributed by atoms with E-state index < -0.39 is 0 Å². The molecule has 0 aromatic carbocycles. The van der Waals surface area contributed by atoms with E-state index in [1.807, 2.05) is 0 Å². The molecule has 30 heavy (non-hydrogen) atoms. The maximum absolute atomic E-state index is 9.34. The molecule has 0 spiro atoms. The Balaban J connectivity index is 1.70. The van der Waals surface area contributed by atoms with Crippen molar-refractivity contribution in [3.63, 3.8) is 0 Å². The van der Waals surface area contributed by atoms with Crippen LogP contribution in [0.5, 0.6) is 0 Å². The van der Waals surface area contributed by atoms with Crippen molar-refractivity contribution in [2.75, 3.05) is 6.61 Å². The molecule has 0 amide bonds. The van der Waals surface area contributed by atoms with E-state index >= 15 is 0 Å². The standard InChI is InChI=1S/C28H49IO/c1-19(18-30)8-7-9-20(2)24-12-13-25-23-11-10-21(3)27(5,16-14-22(4)29)26(23)15-17-28(24,25)6/h10,19-20,22-26,30H,7-9,11-18H2,1-6H3/t19?,20-,22-,23?,24-,25?,26?,27+,28-/m1/s1. The molecule has 0 bridgehead atoms. The molecule has 3 rings (SSSR count). The summed E-state index contributed by atoms with van der Waals surface area (Å²) in [5.74, 6) is 5.01. The lowest BCUT2D eigenvalue weighted by Gasteiger charge is -2.57. The average Bonchev–Trinajstić information content (AvgIpc) is 3.06. The first-order valence-electron chi connectivity index (χ1n) is 13.1. The molecule has 4 unspecified atom stereocenters. The van der Waals surface area contributed by atoms with E-state index in [4.69, 9.17) is 0 Å². The molecule has 3 aliphatic carbocycles. The summed E-state index contributed by atoms with van der Waals surface area (Å²) in [5, 5.41) is 9.34. The highest BCUT2D eigenvalue weighted by atomic mass is 127. The third kappa shape index (κ3) is 4.85. The van der Waals surface area contributed by atoms with Gasteiger partial charge in [-0.15, -0.1) is 0 Å². The molecule has 0 aliphatic heterocycles. The molecule has 0 radical (unpaired) electrons. The van der Waals surface area contributed by atoms with Crippen molar-refractivity contribution in [1.82, 2.24) is 0 Å². The highest BCUT2D eigenvalue weighted by Crippen LogP contribution is 2.66. The third-order valence-electron chi connectivity index (χ3n) is 10.3. The topological polar surface area (TPSA) is 20.2 Å². The van der Waals surface area contributed by atoms with E-state index in [1.165, 1.54) is 64.2 Å². The molecule has 3 aliphatic rings. The van der Waals surface area contributed by atoms with Gasteiger partial charge in [-0.2, -0.15) is 0 Å². The summed E-state index contributed by atoms with van der Waals surface area (Å²) in [6.07, 6.45) is 16.4. The Kier molecular flexibility index (Phi) is 8.47. The molecule has 2 heteroatoms. The van der Waals surface area contributed by atoms with E-state index in [2.05, 4.69) is 70.2 Å². The number of fused-ring (bicyclic) bond motifs is 3. The van der Waals surface area contributed by atoms with Crippen molar-refractivity contribution in [2.24, 2.45) is 46.3 Å². The number of aliphatic hydroxyl groups is 1. The molecule has 2 fully saturated rings. The van der Waals surface area contributed by atoms with Crippen LogP contribution in [-0.2, 0) is 0 Å². The fourth-order valence-electron chi connectivity index (χ4n) is 8.18. The fraction of sp³-hybridized carbons (Fsp3) is 0.929. The van der Waals surface area contributed by atoms with Gasteiger partial charge in [-0.3, -0.25) is 0 Å². The molecule has 174 valence electrons. The van der Waals surface area contributed by atoms with Gasteiger partial charge in [-0.1, -0.05) is 81.7 Å². The molecule has 0 saturated heterocycles. The highest BCUT2D eigenvalue weighted by molar-refractivity contribution is 14.1. The van der Waals surface area contributed by atoms with Crippen LogP contribution >= 0.6 is 22.6 Å². The number of halogens is 1. The number of alkyl halides is 1. The van der Waals surface area contributed by atoms with Crippen LogP contribution in [0.3, 0.4) is 0 Å². The lowest BCUT2D eigenvalue weighted by atomic mass is 9.48. The minimum Gasteiger partial charge on any atom is -0.396 e. The molecule has 9 atom stereocenters. The maximum Gasteiger partial charge on any atom is 0.0456 e. The summed E-state index contributed by atoms with van der Waals surface area (Å²) >= 11 is 2.62. The number of allylic oxidation sites excluding steroid dienone is 2. The van der Waals surface area contributed by atoms with Crippen LogP contribution in [0.15, 0.2) is 11.6 Å². The van der Waals surface area contributed by atoms with Crippen molar-refractivity contribution in [1.29, 1.82) is 0 Å². The van der Waals surface area contributed by atoms with Crippen LogP contribution < -0.4 is 0 Å². The molecule has 0 aromatic heterocycles. The van der Waals surface area contributed by atoms with Crippen LogP contribution in [0.4, 0.5) is 0 Å². The van der Waals surface area contributed by atoms with Crippen LogP contribution in [0, 0.1) is 46.3 Å². The zero-order chi connectivity index (χ0) is 22.1. The van der Waals surface area contributed by atoms with Crippen LogP contribution in [0.1, 0.15) is 106 Å². The minimum atomic E-state index is 0.350. The van der Waals surface area contributed by atoms with Gasteiger partial charge in [0.05, 0.1) is 0 Å². The highest BCUT2D eigenvalue weighted by Gasteiger charge is 2.58. The number of rotatable bonds is 9. The Labute approximate surface area is 201 Å². The van der Waals surface area contributed by atoms with Gasteiger partial charge in [0, 0.05) is 10.5 Å². The van der Waals surface area contributed by atoms with Gasteiger partial charge in [-0.25, -0.2) is 0 Å². The number of aliphatic hydroxyl groups excluding tert-OH is 1. The molecule has 1 nitrogen and oxygen atoms in total. The van der Waals surface area contributed by atoms with Crippen molar-refractivity contribution in [3.8, 4) is 0 Å². The first-order chi connectivity index (χ1) is 14.1. The van der Waals surface area contributed by atoms with Gasteiger partial charge in [0.15, 0.2) is 0 Å². The lowest BCUT2D eigenvalue weighted by Crippen LogP contribution is -2.49. The second-order valence-corrected chi connectivity index (χ2v) is 14.3. The first kappa shape index (κ1) is 25.1. The van der Waals surface area contributed by atoms with Crippen molar-refractivity contribution < 1.29 is 5.11 Å². The normalized spacial score (nSPS) is 41.5. The van der Waals surface area contributed by atoms with Gasteiger partial charge in [-0.05, 0) is 105 Å². The summed E-state index contributed by atoms with van der Waals surface area (Å²) in [7, 11) is 0. The Hall–Kier alpha value is 0.430. The van der Waals surface area contributed by atoms with E-state index in [0.29, 0.717) is 23.4 Å². The summed E-state index contributed by atoms with van der Waals surface area (Å²) in [4.78, 5) is 0. The van der Waals surface area contributed by atoms with E-state index in [0.717, 1.165) is 33.5 Å². The van der Waals surface area contributed by atoms with Crippen LogP contribution in [0.2, 0.25) is 0 Å². The molecular formula is C28H49IO. The largest absolute Gasteiger partial charge is 0.396 e. The van der Waals surface area contributed by atoms with Crippen molar-refractivity contribution in [3.05, 3.63) is 11.6 Å². The Morgan fingerprint density at radius 1 is 1.07 bits per heavy atom. The third-order valence-corrected chi connectivity index (χ3v) is 11.0. The quantitative estimate of drug-likeness (QED) is 0.181. The van der Waals surface area contributed by atoms with E-state index in [9.17, 15) is 5.11 Å². The molecule has 2 saturated carbocycles. The molecule has 0 heterocycles. The summed E-state index contributed by atoms with van der Waals surface area (Å²) in [6, 6.07) is 0. The van der Waals surface area contributed by atoms with Gasteiger partial charge < -0.3 is 5.11 Å². The maximum atomic E-state index is 9.34. The summed E-state index contributed by atoms with van der Waals surface area (Å²) in [5.41, 5.74) is 2.71. The van der Waals surface area contributed by atoms with Gasteiger partial charge in [0.25, 0.3) is 0 Å². The Bertz CT molecular complexity index is 597. The number of hydrogen-bond acceptors (Lipinski definition) is 1. The average molecular weight is 529 g/mol. The fourth-order valence-corrected chi connectivity index (χ4v) is 8.49. The zero-order valence-corrected chi connectivity index (χ0v) is 22.9. The Morgan fingerprint density at radius 2 is 1.80 bits per heavy atom. The molecular weight excluding hydrogens is 479 g/mol. The zero-order valence-electron chi connectivity index (χ0n) is 20.7. The van der Waals surface area contributed by atoms with Crippen molar-refractivity contribution >= 4 is 22.6 Å². The second kappa shape index (κ2) is 10.1. The summed E-state index contributed by atoms with van der Waals surface area (Å²) in [6.45, 7) is 15.2. The first-order valence-corrected chi connectivity index (χ1v) is 14.3. The monoisotopic (exact) mass is 528 g/mol. The van der Waals surface area contributed by atoms with E-state index in [1.54, 1.807) is 5.57 Å². The van der Waals surface area contributed by atoms with Gasteiger partial charge in [0.1, 0.15) is 0 Å². The van der Waals surface area contributed by atoms with Crippen LogP contribution in [0.25, 0.3) is 0 Å². The predicted octanol–water partition coefficient (Wildman–Crippen LogP) is 8.44. The summed E-state index contributed by atoms with van der Waals surface area (Å²) < 4.78 is 0.784.